The van der Waals surface area contributed by atoms with Crippen molar-refractivity contribution in [1.82, 2.24) is 4.90 Å². The maximum absolute atomic E-state index is 12.9. The van der Waals surface area contributed by atoms with E-state index in [2.05, 4.69) is 6.07 Å². The molecule has 3 nitrogen and oxygen atoms in total. The van der Waals surface area contributed by atoms with Gasteiger partial charge in [0, 0.05) is 6.54 Å². The molecule has 118 valence electrons. The smallest absolute Gasteiger partial charge is 0.227 e. The van der Waals surface area contributed by atoms with Gasteiger partial charge >= 0.3 is 0 Å². The number of rotatable bonds is 5. The SMILES string of the molecule is CCN(C(=O)Cc1ccc(F)cc1)C(C)c1ccc(C#N)cc1. The first-order valence-electron chi connectivity index (χ1n) is 7.59. The molecule has 2 rings (SSSR count). The summed E-state index contributed by atoms with van der Waals surface area (Å²) in [6, 6.07) is 15.2. The normalized spacial score (nSPS) is 11.6. The number of halogens is 1. The molecular weight excluding hydrogens is 291 g/mol. The minimum absolute atomic E-state index is 0.00373. The second-order valence-electron chi connectivity index (χ2n) is 5.39. The van der Waals surface area contributed by atoms with Crippen LogP contribution in [0.5, 0.6) is 0 Å². The summed E-state index contributed by atoms with van der Waals surface area (Å²) in [4.78, 5) is 14.3. The van der Waals surface area contributed by atoms with Gasteiger partial charge in [-0.05, 0) is 49.2 Å². The Morgan fingerprint density at radius 1 is 1.17 bits per heavy atom. The second-order valence-corrected chi connectivity index (χ2v) is 5.39. The lowest BCUT2D eigenvalue weighted by Crippen LogP contribution is -2.34. The van der Waals surface area contributed by atoms with E-state index in [1.807, 2.05) is 26.0 Å². The van der Waals surface area contributed by atoms with E-state index in [1.165, 1.54) is 12.1 Å². The lowest BCUT2D eigenvalue weighted by molar-refractivity contribution is -0.132. The quantitative estimate of drug-likeness (QED) is 0.842. The van der Waals surface area contributed by atoms with Crippen LogP contribution in [0.2, 0.25) is 0 Å². The fourth-order valence-corrected chi connectivity index (χ4v) is 2.56. The van der Waals surface area contributed by atoms with Crippen LogP contribution < -0.4 is 0 Å². The van der Waals surface area contributed by atoms with Gasteiger partial charge in [0.1, 0.15) is 5.82 Å². The number of hydrogen-bond donors (Lipinski definition) is 0. The van der Waals surface area contributed by atoms with Crippen molar-refractivity contribution in [1.29, 1.82) is 5.26 Å². The number of likely N-dealkylation sites (N-methyl/N-ethyl adjacent to an activating group) is 1. The highest BCUT2D eigenvalue weighted by atomic mass is 19.1. The van der Waals surface area contributed by atoms with Crippen LogP contribution >= 0.6 is 0 Å². The van der Waals surface area contributed by atoms with Crippen LogP contribution in [0.25, 0.3) is 0 Å². The molecule has 0 heterocycles. The van der Waals surface area contributed by atoms with Gasteiger partial charge in [0.25, 0.3) is 0 Å². The molecule has 4 heteroatoms. The molecule has 1 atom stereocenters. The molecule has 1 amide bonds. The minimum Gasteiger partial charge on any atom is -0.336 e. The van der Waals surface area contributed by atoms with Gasteiger partial charge in [0.05, 0.1) is 24.1 Å². The van der Waals surface area contributed by atoms with Crippen molar-refractivity contribution in [3.8, 4) is 6.07 Å². The Kier molecular flexibility index (Phi) is 5.48. The molecule has 0 aliphatic carbocycles. The van der Waals surface area contributed by atoms with E-state index in [1.54, 1.807) is 29.2 Å². The summed E-state index contributed by atoms with van der Waals surface area (Å²) in [5.41, 5.74) is 2.38. The highest BCUT2D eigenvalue weighted by Gasteiger charge is 2.20. The first kappa shape index (κ1) is 16.7. The van der Waals surface area contributed by atoms with Crippen molar-refractivity contribution in [3.05, 3.63) is 71.0 Å². The summed E-state index contributed by atoms with van der Waals surface area (Å²) in [6.45, 7) is 4.48. The Labute approximate surface area is 136 Å². The zero-order chi connectivity index (χ0) is 16.8. The fraction of sp³-hybridized carbons (Fsp3) is 0.263. The summed E-state index contributed by atoms with van der Waals surface area (Å²) in [5, 5.41) is 8.85. The maximum Gasteiger partial charge on any atom is 0.227 e. The highest BCUT2D eigenvalue weighted by Crippen LogP contribution is 2.21. The summed E-state index contributed by atoms with van der Waals surface area (Å²) >= 11 is 0. The van der Waals surface area contributed by atoms with Gasteiger partial charge in [-0.2, -0.15) is 5.26 Å². The third kappa shape index (κ3) is 4.17. The lowest BCUT2D eigenvalue weighted by atomic mass is 10.0. The minimum atomic E-state index is -0.306. The molecule has 0 aromatic heterocycles. The van der Waals surface area contributed by atoms with Gasteiger partial charge in [-0.3, -0.25) is 4.79 Å². The van der Waals surface area contributed by atoms with Crippen LogP contribution in [-0.4, -0.2) is 17.4 Å². The van der Waals surface area contributed by atoms with Gasteiger partial charge in [-0.15, -0.1) is 0 Å². The molecule has 2 aromatic carbocycles. The molecule has 0 saturated carbocycles. The van der Waals surface area contributed by atoms with Crippen LogP contribution in [0.3, 0.4) is 0 Å². The van der Waals surface area contributed by atoms with E-state index in [0.29, 0.717) is 12.1 Å². The second kappa shape index (κ2) is 7.55. The summed E-state index contributed by atoms with van der Waals surface area (Å²) in [5.74, 6) is -0.310. The summed E-state index contributed by atoms with van der Waals surface area (Å²) in [6.07, 6.45) is 0.245. The van der Waals surface area contributed by atoms with Gasteiger partial charge in [0.2, 0.25) is 5.91 Å². The Hall–Kier alpha value is -2.67. The van der Waals surface area contributed by atoms with Gasteiger partial charge < -0.3 is 4.90 Å². The molecule has 2 aromatic rings. The largest absolute Gasteiger partial charge is 0.336 e. The molecular formula is C19H19FN2O. The fourth-order valence-electron chi connectivity index (χ4n) is 2.56. The molecule has 23 heavy (non-hydrogen) atoms. The van der Waals surface area contributed by atoms with E-state index in [4.69, 9.17) is 5.26 Å². The van der Waals surface area contributed by atoms with Gasteiger partial charge in [0.15, 0.2) is 0 Å². The van der Waals surface area contributed by atoms with Crippen LogP contribution in [-0.2, 0) is 11.2 Å². The standard InChI is InChI=1S/C19H19FN2O/c1-3-22(14(2)17-8-4-16(13-21)5-9-17)19(23)12-15-6-10-18(20)11-7-15/h4-11,14H,3,12H2,1-2H3. The molecule has 1 unspecified atom stereocenters. The average molecular weight is 310 g/mol. The molecule has 0 bridgehead atoms. The molecule has 0 N–H and O–H groups in total. The Bertz CT molecular complexity index is 702. The summed E-state index contributed by atoms with van der Waals surface area (Å²) < 4.78 is 12.9. The zero-order valence-corrected chi connectivity index (χ0v) is 13.3. The zero-order valence-electron chi connectivity index (χ0n) is 13.3. The number of hydrogen-bond acceptors (Lipinski definition) is 2. The number of nitrogens with zero attached hydrogens (tertiary/aromatic N) is 2. The molecule has 0 aliphatic rings. The Morgan fingerprint density at radius 2 is 1.78 bits per heavy atom. The van der Waals surface area contributed by atoms with Crippen molar-refractivity contribution in [3.63, 3.8) is 0 Å². The monoisotopic (exact) mass is 310 g/mol. The van der Waals surface area contributed by atoms with Gasteiger partial charge in [-0.1, -0.05) is 24.3 Å². The number of carbonyl (C=O) groups is 1. The van der Waals surface area contributed by atoms with E-state index in [-0.39, 0.29) is 24.2 Å². The molecule has 0 aliphatic heterocycles. The van der Waals surface area contributed by atoms with E-state index in [0.717, 1.165) is 11.1 Å². The average Bonchev–Trinajstić information content (AvgIpc) is 2.57. The van der Waals surface area contributed by atoms with Crippen LogP contribution in [0.4, 0.5) is 4.39 Å². The van der Waals surface area contributed by atoms with Crippen molar-refractivity contribution >= 4 is 5.91 Å². The van der Waals surface area contributed by atoms with Crippen LogP contribution in [0.1, 0.15) is 36.6 Å². The van der Waals surface area contributed by atoms with Crippen molar-refractivity contribution < 1.29 is 9.18 Å². The predicted octanol–water partition coefficient (Wildman–Crippen LogP) is 3.85. The third-order valence-corrected chi connectivity index (χ3v) is 3.92. The van der Waals surface area contributed by atoms with E-state index in [9.17, 15) is 9.18 Å². The predicted molar refractivity (Wildman–Crippen MR) is 87.1 cm³/mol. The first-order chi connectivity index (χ1) is 11.0. The van der Waals surface area contributed by atoms with E-state index >= 15 is 0 Å². The van der Waals surface area contributed by atoms with Crippen LogP contribution in [0, 0.1) is 17.1 Å². The molecule has 0 saturated heterocycles. The maximum atomic E-state index is 12.9. The Balaban J connectivity index is 2.12. The molecule has 0 spiro atoms. The lowest BCUT2D eigenvalue weighted by Gasteiger charge is -2.28. The third-order valence-electron chi connectivity index (χ3n) is 3.92. The summed E-state index contributed by atoms with van der Waals surface area (Å²) in [7, 11) is 0. The first-order valence-corrected chi connectivity index (χ1v) is 7.59. The number of benzene rings is 2. The van der Waals surface area contributed by atoms with Crippen molar-refractivity contribution in [2.45, 2.75) is 26.3 Å². The van der Waals surface area contributed by atoms with Crippen LogP contribution in [0.15, 0.2) is 48.5 Å². The Morgan fingerprint density at radius 3 is 2.30 bits per heavy atom. The number of nitriles is 1. The van der Waals surface area contributed by atoms with Crippen molar-refractivity contribution in [2.24, 2.45) is 0 Å². The number of amides is 1. The number of carbonyl (C=O) groups excluding carboxylic acids is 1. The highest BCUT2D eigenvalue weighted by molar-refractivity contribution is 5.79. The van der Waals surface area contributed by atoms with E-state index < -0.39 is 0 Å². The molecule has 0 radical (unpaired) electrons. The molecule has 0 fully saturated rings. The topological polar surface area (TPSA) is 44.1 Å². The van der Waals surface area contributed by atoms with Gasteiger partial charge in [-0.25, -0.2) is 4.39 Å². The van der Waals surface area contributed by atoms with Crippen molar-refractivity contribution in [2.75, 3.05) is 6.54 Å².